The Morgan fingerprint density at radius 1 is 1.45 bits per heavy atom. The van der Waals surface area contributed by atoms with E-state index < -0.39 is 6.43 Å². The number of hydrogen-bond donors (Lipinski definition) is 0. The highest BCUT2D eigenvalue weighted by atomic mass is 19.3. The molecule has 5 heteroatoms. The molecule has 11 heavy (non-hydrogen) atoms. The van der Waals surface area contributed by atoms with Crippen molar-refractivity contribution in [2.75, 3.05) is 0 Å². The van der Waals surface area contributed by atoms with Crippen LogP contribution < -0.4 is 0 Å². The molecule has 0 fully saturated rings. The lowest BCUT2D eigenvalue weighted by atomic mass is 10.4. The third-order valence-corrected chi connectivity index (χ3v) is 1.73. The van der Waals surface area contributed by atoms with Gasteiger partial charge >= 0.3 is 0 Å². The average molecular weight is 159 g/mol. The van der Waals surface area contributed by atoms with Crippen LogP contribution in [0.2, 0.25) is 0 Å². The standard InChI is InChI=1S/C6H7F2N3/c7-5(8)6-9-4-2-1-3-11(4)10-6/h5H,1-3H2. The fourth-order valence-corrected chi connectivity index (χ4v) is 1.24. The summed E-state index contributed by atoms with van der Waals surface area (Å²) in [4.78, 5) is 3.69. The maximum Gasteiger partial charge on any atom is 0.299 e. The zero-order valence-corrected chi connectivity index (χ0v) is 5.80. The van der Waals surface area contributed by atoms with Gasteiger partial charge in [0, 0.05) is 13.0 Å². The number of aryl methyl sites for hydroxylation is 2. The second-order valence-corrected chi connectivity index (χ2v) is 2.51. The molecule has 1 aromatic heterocycles. The van der Waals surface area contributed by atoms with E-state index in [4.69, 9.17) is 0 Å². The first-order valence-corrected chi connectivity index (χ1v) is 3.49. The van der Waals surface area contributed by atoms with Gasteiger partial charge in [-0.3, -0.25) is 0 Å². The van der Waals surface area contributed by atoms with Crippen molar-refractivity contribution in [2.45, 2.75) is 25.8 Å². The van der Waals surface area contributed by atoms with Gasteiger partial charge in [-0.1, -0.05) is 0 Å². The Hall–Kier alpha value is -1.00. The number of alkyl halides is 2. The molecule has 0 aromatic carbocycles. The molecule has 0 spiro atoms. The summed E-state index contributed by atoms with van der Waals surface area (Å²) in [5.74, 6) is 0.361. The van der Waals surface area contributed by atoms with Crippen molar-refractivity contribution in [3.8, 4) is 0 Å². The number of hydrogen-bond acceptors (Lipinski definition) is 2. The molecule has 0 N–H and O–H groups in total. The maximum absolute atomic E-state index is 12.0. The Morgan fingerprint density at radius 2 is 2.27 bits per heavy atom. The minimum Gasteiger partial charge on any atom is -0.250 e. The van der Waals surface area contributed by atoms with Crippen LogP contribution in [0.3, 0.4) is 0 Å². The molecule has 60 valence electrons. The van der Waals surface area contributed by atoms with Crippen molar-refractivity contribution in [1.82, 2.24) is 14.8 Å². The SMILES string of the molecule is FC(F)c1nc2n(n1)CCC2. The van der Waals surface area contributed by atoms with Gasteiger partial charge in [0.2, 0.25) is 5.82 Å². The third kappa shape index (κ3) is 1.00. The molecule has 1 aliphatic heterocycles. The number of aromatic nitrogens is 3. The highest BCUT2D eigenvalue weighted by Gasteiger charge is 2.20. The second kappa shape index (κ2) is 2.25. The highest BCUT2D eigenvalue weighted by Crippen LogP contribution is 2.18. The monoisotopic (exact) mass is 159 g/mol. The summed E-state index contributed by atoms with van der Waals surface area (Å²) in [7, 11) is 0. The van der Waals surface area contributed by atoms with Gasteiger partial charge in [0.1, 0.15) is 5.82 Å². The van der Waals surface area contributed by atoms with Crippen molar-refractivity contribution < 1.29 is 8.78 Å². The lowest BCUT2D eigenvalue weighted by molar-refractivity contribution is 0.139. The van der Waals surface area contributed by atoms with E-state index in [0.29, 0.717) is 5.82 Å². The minimum absolute atomic E-state index is 0.334. The Balaban J connectivity index is 2.34. The highest BCUT2D eigenvalue weighted by molar-refractivity contribution is 4.97. The van der Waals surface area contributed by atoms with E-state index in [2.05, 4.69) is 10.1 Å². The normalized spacial score (nSPS) is 15.9. The van der Waals surface area contributed by atoms with Crippen molar-refractivity contribution in [3.63, 3.8) is 0 Å². The Labute approximate surface area is 62.0 Å². The lowest BCUT2D eigenvalue weighted by Gasteiger charge is -1.89. The van der Waals surface area contributed by atoms with Crippen LogP contribution in [0.4, 0.5) is 8.78 Å². The van der Waals surface area contributed by atoms with Crippen LogP contribution in [0.1, 0.15) is 24.5 Å². The summed E-state index contributed by atoms with van der Waals surface area (Å²) in [5.41, 5.74) is 0. The Morgan fingerprint density at radius 3 is 2.91 bits per heavy atom. The molecule has 2 rings (SSSR count). The second-order valence-electron chi connectivity index (χ2n) is 2.51. The van der Waals surface area contributed by atoms with Gasteiger partial charge in [-0.2, -0.15) is 0 Å². The van der Waals surface area contributed by atoms with Gasteiger partial charge in [-0.25, -0.2) is 18.4 Å². The quantitative estimate of drug-likeness (QED) is 0.615. The van der Waals surface area contributed by atoms with Gasteiger partial charge in [-0.15, -0.1) is 5.10 Å². The Kier molecular flexibility index (Phi) is 1.37. The van der Waals surface area contributed by atoms with E-state index in [1.54, 1.807) is 4.68 Å². The van der Waals surface area contributed by atoms with Gasteiger partial charge in [-0.05, 0) is 6.42 Å². The third-order valence-electron chi connectivity index (χ3n) is 1.73. The van der Waals surface area contributed by atoms with Gasteiger partial charge < -0.3 is 0 Å². The molecule has 0 atom stereocenters. The fourth-order valence-electron chi connectivity index (χ4n) is 1.24. The van der Waals surface area contributed by atoms with Crippen LogP contribution in [0.25, 0.3) is 0 Å². The first kappa shape index (κ1) is 6.69. The summed E-state index contributed by atoms with van der Waals surface area (Å²) in [5, 5.41) is 3.65. The lowest BCUT2D eigenvalue weighted by Crippen LogP contribution is -1.95. The van der Waals surface area contributed by atoms with Crippen LogP contribution in [0.5, 0.6) is 0 Å². The molecule has 0 aliphatic carbocycles. The first-order valence-electron chi connectivity index (χ1n) is 3.49. The van der Waals surface area contributed by atoms with Gasteiger partial charge in [0.25, 0.3) is 6.43 Å². The molecule has 3 nitrogen and oxygen atoms in total. The number of nitrogens with zero attached hydrogens (tertiary/aromatic N) is 3. The molecular weight excluding hydrogens is 152 g/mol. The fraction of sp³-hybridized carbons (Fsp3) is 0.667. The van der Waals surface area contributed by atoms with Crippen molar-refractivity contribution >= 4 is 0 Å². The van der Waals surface area contributed by atoms with E-state index in [9.17, 15) is 8.78 Å². The minimum atomic E-state index is -2.53. The smallest absolute Gasteiger partial charge is 0.250 e. The topological polar surface area (TPSA) is 30.7 Å². The summed E-state index contributed by atoms with van der Waals surface area (Å²) < 4.78 is 25.5. The maximum atomic E-state index is 12.0. The number of halogens is 2. The average Bonchev–Trinajstić information content (AvgIpc) is 2.40. The van der Waals surface area contributed by atoms with Gasteiger partial charge in [0.05, 0.1) is 0 Å². The molecule has 0 saturated heterocycles. The summed E-state index contributed by atoms with van der Waals surface area (Å²) in [6, 6.07) is 0. The van der Waals surface area contributed by atoms with E-state index in [1.165, 1.54) is 0 Å². The molecule has 2 heterocycles. The first-order chi connectivity index (χ1) is 5.27. The molecule has 0 radical (unpaired) electrons. The predicted molar refractivity (Wildman–Crippen MR) is 33.3 cm³/mol. The molecule has 1 aliphatic rings. The van der Waals surface area contributed by atoms with E-state index in [1.807, 2.05) is 0 Å². The molecule has 0 bridgehead atoms. The zero-order chi connectivity index (χ0) is 7.84. The largest absolute Gasteiger partial charge is 0.299 e. The summed E-state index contributed by atoms with van der Waals surface area (Å²) in [6.45, 7) is 0.731. The summed E-state index contributed by atoms with van der Waals surface area (Å²) >= 11 is 0. The van der Waals surface area contributed by atoms with Crippen LogP contribution in [-0.4, -0.2) is 14.8 Å². The van der Waals surface area contributed by atoms with E-state index in [-0.39, 0.29) is 5.82 Å². The van der Waals surface area contributed by atoms with Crippen LogP contribution in [0.15, 0.2) is 0 Å². The van der Waals surface area contributed by atoms with Crippen LogP contribution in [-0.2, 0) is 13.0 Å². The van der Waals surface area contributed by atoms with E-state index in [0.717, 1.165) is 19.4 Å². The van der Waals surface area contributed by atoms with Crippen molar-refractivity contribution in [2.24, 2.45) is 0 Å². The zero-order valence-electron chi connectivity index (χ0n) is 5.80. The molecule has 0 unspecified atom stereocenters. The van der Waals surface area contributed by atoms with Crippen LogP contribution in [0, 0.1) is 0 Å². The molecule has 0 amide bonds. The van der Waals surface area contributed by atoms with Crippen LogP contribution >= 0.6 is 0 Å². The number of rotatable bonds is 1. The number of fused-ring (bicyclic) bond motifs is 1. The molecular formula is C6H7F2N3. The summed E-state index contributed by atoms with van der Waals surface area (Å²) in [6.07, 6.45) is -0.786. The van der Waals surface area contributed by atoms with Crippen molar-refractivity contribution in [1.29, 1.82) is 0 Å². The predicted octanol–water partition coefficient (Wildman–Crippen LogP) is 1.16. The van der Waals surface area contributed by atoms with Crippen molar-refractivity contribution in [3.05, 3.63) is 11.6 Å². The Bertz CT molecular complexity index is 247. The molecule has 0 saturated carbocycles. The van der Waals surface area contributed by atoms with E-state index >= 15 is 0 Å². The molecule has 1 aromatic rings. The van der Waals surface area contributed by atoms with Gasteiger partial charge in [0.15, 0.2) is 0 Å².